The minimum atomic E-state index is -0.223. The molecular weight excluding hydrogens is 202 g/mol. The molecule has 16 heavy (non-hydrogen) atoms. The van der Waals surface area contributed by atoms with Crippen molar-refractivity contribution in [2.75, 3.05) is 13.1 Å². The van der Waals surface area contributed by atoms with Gasteiger partial charge in [-0.25, -0.2) is 0 Å². The Kier molecular flexibility index (Phi) is 4.93. The van der Waals surface area contributed by atoms with E-state index >= 15 is 0 Å². The third-order valence-corrected chi connectivity index (χ3v) is 2.44. The molecule has 0 aliphatic carbocycles. The number of aryl methyl sites for hydroxylation is 1. The average Bonchev–Trinajstić information content (AvgIpc) is 2.76. The molecule has 1 aromatic rings. The highest BCUT2D eigenvalue weighted by atomic mass is 15.4. The quantitative estimate of drug-likeness (QED) is 0.702. The fraction of sp³-hybridized carbons (Fsp3) is 0.727. The summed E-state index contributed by atoms with van der Waals surface area (Å²) in [4.78, 5) is 0. The van der Waals surface area contributed by atoms with Gasteiger partial charge in [0.15, 0.2) is 0 Å². The lowest BCUT2D eigenvalue weighted by atomic mass is 9.91. The van der Waals surface area contributed by atoms with Gasteiger partial charge in [0.2, 0.25) is 0 Å². The van der Waals surface area contributed by atoms with E-state index in [0.29, 0.717) is 0 Å². The van der Waals surface area contributed by atoms with Gasteiger partial charge in [0.25, 0.3) is 0 Å². The molecule has 0 spiro atoms. The molecular formula is C11H19N5. The largest absolute Gasteiger partial charge is 0.317 e. The summed E-state index contributed by atoms with van der Waals surface area (Å²) in [5.41, 5.74) is -0.223. The number of nitriles is 1. The molecule has 0 unspecified atom stereocenters. The Morgan fingerprint density at radius 1 is 1.44 bits per heavy atom. The van der Waals surface area contributed by atoms with E-state index in [9.17, 15) is 0 Å². The van der Waals surface area contributed by atoms with Crippen LogP contribution in [0.4, 0.5) is 0 Å². The van der Waals surface area contributed by atoms with Crippen LogP contribution in [0.1, 0.15) is 26.7 Å². The first-order valence-electron chi connectivity index (χ1n) is 5.60. The molecule has 0 bridgehead atoms. The van der Waals surface area contributed by atoms with E-state index < -0.39 is 0 Å². The van der Waals surface area contributed by atoms with Gasteiger partial charge in [0, 0.05) is 12.7 Å². The zero-order chi connectivity index (χ0) is 11.9. The van der Waals surface area contributed by atoms with Crippen LogP contribution in [0.2, 0.25) is 0 Å². The maximum atomic E-state index is 8.83. The molecule has 1 aromatic heterocycles. The summed E-state index contributed by atoms with van der Waals surface area (Å²) in [5.74, 6) is 0. The van der Waals surface area contributed by atoms with Crippen molar-refractivity contribution in [1.29, 1.82) is 5.26 Å². The summed E-state index contributed by atoms with van der Waals surface area (Å²) in [6, 6.07) is 2.29. The first kappa shape index (κ1) is 12.7. The first-order chi connectivity index (χ1) is 7.64. The Balaban J connectivity index is 1.99. The monoisotopic (exact) mass is 221 g/mol. The van der Waals surface area contributed by atoms with Gasteiger partial charge in [0.1, 0.15) is 0 Å². The summed E-state index contributed by atoms with van der Waals surface area (Å²) in [6.07, 6.45) is 5.45. The second kappa shape index (κ2) is 6.23. The summed E-state index contributed by atoms with van der Waals surface area (Å²) in [6.45, 7) is 6.64. The topological polar surface area (TPSA) is 66.5 Å². The molecule has 0 atom stereocenters. The lowest BCUT2D eigenvalue weighted by molar-refractivity contribution is 0.426. The Bertz CT molecular complexity index is 323. The van der Waals surface area contributed by atoms with Crippen LogP contribution in [-0.2, 0) is 6.54 Å². The predicted octanol–water partition coefficient (Wildman–Crippen LogP) is 1.20. The molecule has 0 saturated heterocycles. The Labute approximate surface area is 96.5 Å². The second-order valence-electron chi connectivity index (χ2n) is 4.52. The molecule has 1 N–H and O–H groups in total. The number of rotatable bonds is 7. The lowest BCUT2D eigenvalue weighted by Crippen LogP contribution is -2.23. The van der Waals surface area contributed by atoms with Crippen LogP contribution in [0.25, 0.3) is 0 Å². The number of nitrogens with zero attached hydrogens (tertiary/aromatic N) is 4. The summed E-state index contributed by atoms with van der Waals surface area (Å²) in [7, 11) is 0. The maximum Gasteiger partial charge on any atom is 0.0692 e. The molecule has 0 aliphatic rings. The van der Waals surface area contributed by atoms with Gasteiger partial charge in [-0.15, -0.1) is 5.10 Å². The van der Waals surface area contributed by atoms with Crippen LogP contribution < -0.4 is 5.32 Å². The predicted molar refractivity (Wildman–Crippen MR) is 61.5 cm³/mol. The van der Waals surface area contributed by atoms with Gasteiger partial charge in [-0.2, -0.15) is 5.26 Å². The van der Waals surface area contributed by atoms with Crippen LogP contribution in [0.15, 0.2) is 12.4 Å². The molecule has 5 nitrogen and oxygen atoms in total. The molecule has 0 radical (unpaired) electrons. The molecule has 0 amide bonds. The van der Waals surface area contributed by atoms with E-state index in [2.05, 4.69) is 21.7 Å². The number of aromatic nitrogens is 3. The average molecular weight is 221 g/mol. The Morgan fingerprint density at radius 3 is 2.88 bits per heavy atom. The molecule has 5 heteroatoms. The second-order valence-corrected chi connectivity index (χ2v) is 4.52. The molecule has 0 fully saturated rings. The van der Waals surface area contributed by atoms with Crippen LogP contribution in [0, 0.1) is 16.7 Å². The van der Waals surface area contributed by atoms with Crippen molar-refractivity contribution in [3.63, 3.8) is 0 Å². The van der Waals surface area contributed by atoms with Crippen molar-refractivity contribution in [2.24, 2.45) is 5.41 Å². The minimum Gasteiger partial charge on any atom is -0.317 e. The molecule has 1 heterocycles. The standard InChI is InChI=1S/C11H19N5/c1-11(2,10-12)4-6-13-5-3-8-16-9-7-14-15-16/h7,9,13H,3-6,8H2,1-2H3. The van der Waals surface area contributed by atoms with Crippen LogP contribution in [0.5, 0.6) is 0 Å². The smallest absolute Gasteiger partial charge is 0.0692 e. The highest BCUT2D eigenvalue weighted by Gasteiger charge is 2.14. The molecule has 1 rings (SSSR count). The Morgan fingerprint density at radius 2 is 2.25 bits per heavy atom. The summed E-state index contributed by atoms with van der Waals surface area (Å²) >= 11 is 0. The molecule has 0 aliphatic heterocycles. The maximum absolute atomic E-state index is 8.83. The van der Waals surface area contributed by atoms with Crippen molar-refractivity contribution in [3.05, 3.63) is 12.4 Å². The molecule has 0 saturated carbocycles. The third kappa shape index (κ3) is 4.89. The van der Waals surface area contributed by atoms with Crippen molar-refractivity contribution in [1.82, 2.24) is 20.3 Å². The fourth-order valence-electron chi connectivity index (χ4n) is 1.30. The van der Waals surface area contributed by atoms with Crippen molar-refractivity contribution in [2.45, 2.75) is 33.2 Å². The fourth-order valence-corrected chi connectivity index (χ4v) is 1.30. The van der Waals surface area contributed by atoms with Crippen LogP contribution >= 0.6 is 0 Å². The van der Waals surface area contributed by atoms with E-state index in [1.54, 1.807) is 6.20 Å². The van der Waals surface area contributed by atoms with E-state index in [4.69, 9.17) is 5.26 Å². The van der Waals surface area contributed by atoms with Crippen LogP contribution in [-0.4, -0.2) is 28.1 Å². The summed E-state index contributed by atoms with van der Waals surface area (Å²) in [5, 5.41) is 19.8. The van der Waals surface area contributed by atoms with E-state index in [1.165, 1.54) is 0 Å². The van der Waals surface area contributed by atoms with Gasteiger partial charge >= 0.3 is 0 Å². The number of hydrogen-bond donors (Lipinski definition) is 1. The number of hydrogen-bond acceptors (Lipinski definition) is 4. The van der Waals surface area contributed by atoms with Crippen molar-refractivity contribution < 1.29 is 0 Å². The zero-order valence-corrected chi connectivity index (χ0v) is 9.98. The molecule has 0 aromatic carbocycles. The van der Waals surface area contributed by atoms with Gasteiger partial charge in [-0.05, 0) is 39.8 Å². The summed E-state index contributed by atoms with van der Waals surface area (Å²) < 4.78 is 1.82. The van der Waals surface area contributed by atoms with Gasteiger partial charge < -0.3 is 5.32 Å². The van der Waals surface area contributed by atoms with E-state index in [0.717, 1.165) is 32.5 Å². The zero-order valence-electron chi connectivity index (χ0n) is 9.98. The minimum absolute atomic E-state index is 0.223. The number of nitrogens with one attached hydrogen (secondary N) is 1. The van der Waals surface area contributed by atoms with E-state index in [-0.39, 0.29) is 5.41 Å². The first-order valence-corrected chi connectivity index (χ1v) is 5.60. The Hall–Kier alpha value is -1.41. The van der Waals surface area contributed by atoms with Crippen LogP contribution in [0.3, 0.4) is 0 Å². The van der Waals surface area contributed by atoms with Gasteiger partial charge in [-0.3, -0.25) is 4.68 Å². The van der Waals surface area contributed by atoms with Gasteiger partial charge in [0.05, 0.1) is 17.7 Å². The van der Waals surface area contributed by atoms with E-state index in [1.807, 2.05) is 24.7 Å². The molecule has 88 valence electrons. The SMILES string of the molecule is CC(C)(C#N)CCNCCCn1ccnn1. The van der Waals surface area contributed by atoms with Crippen molar-refractivity contribution >= 4 is 0 Å². The highest BCUT2D eigenvalue weighted by Crippen LogP contribution is 2.16. The normalized spacial score (nSPS) is 11.3. The third-order valence-electron chi connectivity index (χ3n) is 2.44. The van der Waals surface area contributed by atoms with Crippen molar-refractivity contribution in [3.8, 4) is 6.07 Å². The van der Waals surface area contributed by atoms with Gasteiger partial charge in [-0.1, -0.05) is 5.21 Å². The highest BCUT2D eigenvalue weighted by molar-refractivity contribution is 4.91. The lowest BCUT2D eigenvalue weighted by Gasteiger charge is -2.14.